The van der Waals surface area contributed by atoms with Crippen LogP contribution in [0.2, 0.25) is 0 Å². The Balaban J connectivity index is 2.93. The monoisotopic (exact) mass is 234 g/mol. The standard InChI is InChI=1S/C14H18O3/c1-5-10(2)9-17-14-8-12(16-4)6-7-13(14)11(3)15/h6-8H,2,5,9H2,1,3-4H3. The summed E-state index contributed by atoms with van der Waals surface area (Å²) in [6.45, 7) is 7.82. The van der Waals surface area contributed by atoms with Gasteiger partial charge in [-0.05, 0) is 31.1 Å². The molecule has 0 unspecified atom stereocenters. The summed E-state index contributed by atoms with van der Waals surface area (Å²) in [7, 11) is 1.58. The van der Waals surface area contributed by atoms with Crippen molar-refractivity contribution in [2.24, 2.45) is 0 Å². The molecule has 0 aliphatic heterocycles. The predicted molar refractivity (Wildman–Crippen MR) is 67.9 cm³/mol. The van der Waals surface area contributed by atoms with Gasteiger partial charge in [0.2, 0.25) is 0 Å². The van der Waals surface area contributed by atoms with Gasteiger partial charge in [-0.3, -0.25) is 4.79 Å². The molecule has 3 nitrogen and oxygen atoms in total. The molecule has 3 heteroatoms. The van der Waals surface area contributed by atoms with E-state index in [-0.39, 0.29) is 5.78 Å². The first-order chi connectivity index (χ1) is 8.08. The molecule has 0 saturated heterocycles. The largest absolute Gasteiger partial charge is 0.497 e. The number of carbonyl (C=O) groups is 1. The fourth-order valence-electron chi connectivity index (χ4n) is 1.32. The number of hydrogen-bond donors (Lipinski definition) is 0. The summed E-state index contributed by atoms with van der Waals surface area (Å²) in [5.74, 6) is 1.20. The molecule has 0 amide bonds. The number of hydrogen-bond acceptors (Lipinski definition) is 3. The fraction of sp³-hybridized carbons (Fsp3) is 0.357. The van der Waals surface area contributed by atoms with E-state index in [9.17, 15) is 4.79 Å². The Morgan fingerprint density at radius 3 is 2.65 bits per heavy atom. The van der Waals surface area contributed by atoms with Crippen molar-refractivity contribution in [2.75, 3.05) is 13.7 Å². The van der Waals surface area contributed by atoms with Gasteiger partial charge in [0, 0.05) is 6.07 Å². The van der Waals surface area contributed by atoms with Crippen LogP contribution in [-0.2, 0) is 0 Å². The predicted octanol–water partition coefficient (Wildman–Crippen LogP) is 3.24. The lowest BCUT2D eigenvalue weighted by Gasteiger charge is -2.12. The third-order valence-electron chi connectivity index (χ3n) is 2.50. The average Bonchev–Trinajstić information content (AvgIpc) is 2.35. The molecule has 0 fully saturated rings. The Morgan fingerprint density at radius 2 is 2.12 bits per heavy atom. The van der Waals surface area contributed by atoms with Gasteiger partial charge >= 0.3 is 0 Å². The van der Waals surface area contributed by atoms with Gasteiger partial charge in [0.1, 0.15) is 18.1 Å². The molecule has 0 radical (unpaired) electrons. The maximum Gasteiger partial charge on any atom is 0.163 e. The van der Waals surface area contributed by atoms with Gasteiger partial charge in [-0.1, -0.05) is 13.5 Å². The van der Waals surface area contributed by atoms with Crippen LogP contribution in [-0.4, -0.2) is 19.5 Å². The Morgan fingerprint density at radius 1 is 1.41 bits per heavy atom. The highest BCUT2D eigenvalue weighted by Crippen LogP contribution is 2.25. The molecule has 0 saturated carbocycles. The summed E-state index contributed by atoms with van der Waals surface area (Å²) < 4.78 is 10.7. The van der Waals surface area contributed by atoms with Gasteiger partial charge in [-0.15, -0.1) is 0 Å². The molecular weight excluding hydrogens is 216 g/mol. The molecule has 17 heavy (non-hydrogen) atoms. The van der Waals surface area contributed by atoms with Crippen LogP contribution in [0.3, 0.4) is 0 Å². The highest BCUT2D eigenvalue weighted by atomic mass is 16.5. The zero-order valence-electron chi connectivity index (χ0n) is 10.6. The maximum atomic E-state index is 11.4. The van der Waals surface area contributed by atoms with Gasteiger partial charge in [-0.25, -0.2) is 0 Å². The highest BCUT2D eigenvalue weighted by molar-refractivity contribution is 5.97. The minimum absolute atomic E-state index is 0.0234. The molecular formula is C14H18O3. The van der Waals surface area contributed by atoms with Crippen molar-refractivity contribution in [3.63, 3.8) is 0 Å². The number of Topliss-reactive ketones (excluding diaryl/α,β-unsaturated/α-hetero) is 1. The van der Waals surface area contributed by atoms with Crippen LogP contribution >= 0.6 is 0 Å². The number of benzene rings is 1. The number of rotatable bonds is 6. The van der Waals surface area contributed by atoms with Crippen LogP contribution in [0, 0.1) is 0 Å². The second-order valence-corrected chi connectivity index (χ2v) is 3.81. The van der Waals surface area contributed by atoms with Crippen LogP contribution in [0.15, 0.2) is 30.4 Å². The van der Waals surface area contributed by atoms with Crippen LogP contribution in [0.1, 0.15) is 30.6 Å². The van der Waals surface area contributed by atoms with E-state index in [2.05, 4.69) is 6.58 Å². The normalized spacial score (nSPS) is 9.82. The maximum absolute atomic E-state index is 11.4. The van der Waals surface area contributed by atoms with E-state index in [4.69, 9.17) is 9.47 Å². The Labute approximate surface area is 102 Å². The van der Waals surface area contributed by atoms with E-state index in [0.717, 1.165) is 12.0 Å². The first kappa shape index (κ1) is 13.3. The van der Waals surface area contributed by atoms with Crippen molar-refractivity contribution in [3.05, 3.63) is 35.9 Å². The van der Waals surface area contributed by atoms with E-state index < -0.39 is 0 Å². The smallest absolute Gasteiger partial charge is 0.163 e. The van der Waals surface area contributed by atoms with Crippen molar-refractivity contribution in [2.45, 2.75) is 20.3 Å². The first-order valence-electron chi connectivity index (χ1n) is 5.57. The highest BCUT2D eigenvalue weighted by Gasteiger charge is 2.10. The van der Waals surface area contributed by atoms with Crippen molar-refractivity contribution in [3.8, 4) is 11.5 Å². The third-order valence-corrected chi connectivity index (χ3v) is 2.50. The summed E-state index contributed by atoms with van der Waals surface area (Å²) in [6, 6.07) is 5.18. The molecule has 1 aromatic carbocycles. The molecule has 1 aromatic rings. The van der Waals surface area contributed by atoms with Crippen molar-refractivity contribution in [1.82, 2.24) is 0 Å². The summed E-state index contributed by atoms with van der Waals surface area (Å²) in [6.07, 6.45) is 0.860. The van der Waals surface area contributed by atoms with Crippen LogP contribution in [0.25, 0.3) is 0 Å². The summed E-state index contributed by atoms with van der Waals surface area (Å²) >= 11 is 0. The second kappa shape index (κ2) is 6.09. The Kier molecular flexibility index (Phi) is 4.76. The van der Waals surface area contributed by atoms with Crippen LogP contribution < -0.4 is 9.47 Å². The molecule has 0 atom stereocenters. The zero-order valence-corrected chi connectivity index (χ0v) is 10.6. The van der Waals surface area contributed by atoms with Gasteiger partial charge in [0.15, 0.2) is 5.78 Å². The number of ether oxygens (including phenoxy) is 2. The first-order valence-corrected chi connectivity index (χ1v) is 5.57. The molecule has 0 heterocycles. The van der Waals surface area contributed by atoms with Crippen molar-refractivity contribution < 1.29 is 14.3 Å². The Hall–Kier alpha value is -1.77. The number of carbonyl (C=O) groups excluding carboxylic acids is 1. The number of ketones is 1. The molecule has 0 bridgehead atoms. The molecule has 0 N–H and O–H groups in total. The fourth-order valence-corrected chi connectivity index (χ4v) is 1.32. The zero-order chi connectivity index (χ0) is 12.8. The number of methoxy groups -OCH3 is 1. The van der Waals surface area contributed by atoms with Gasteiger partial charge in [0.25, 0.3) is 0 Å². The summed E-state index contributed by atoms with van der Waals surface area (Å²) in [4.78, 5) is 11.4. The molecule has 1 rings (SSSR count). The second-order valence-electron chi connectivity index (χ2n) is 3.81. The van der Waals surface area contributed by atoms with Gasteiger partial charge < -0.3 is 9.47 Å². The van der Waals surface area contributed by atoms with E-state index in [0.29, 0.717) is 23.7 Å². The quantitative estimate of drug-likeness (QED) is 0.560. The van der Waals surface area contributed by atoms with Gasteiger partial charge in [0.05, 0.1) is 12.7 Å². The van der Waals surface area contributed by atoms with Gasteiger partial charge in [-0.2, -0.15) is 0 Å². The third kappa shape index (κ3) is 3.63. The van der Waals surface area contributed by atoms with Crippen molar-refractivity contribution in [1.29, 1.82) is 0 Å². The molecule has 92 valence electrons. The van der Waals surface area contributed by atoms with E-state index in [1.807, 2.05) is 6.92 Å². The van der Waals surface area contributed by atoms with Crippen molar-refractivity contribution >= 4 is 5.78 Å². The molecule has 0 aliphatic carbocycles. The molecule has 0 aliphatic rings. The van der Waals surface area contributed by atoms with E-state index >= 15 is 0 Å². The average molecular weight is 234 g/mol. The summed E-state index contributed by atoms with van der Waals surface area (Å²) in [5.41, 5.74) is 1.55. The molecule has 0 spiro atoms. The topological polar surface area (TPSA) is 35.5 Å². The Bertz CT molecular complexity index is 421. The minimum Gasteiger partial charge on any atom is -0.497 e. The lowest BCUT2D eigenvalue weighted by Crippen LogP contribution is -2.04. The van der Waals surface area contributed by atoms with Crippen LogP contribution in [0.5, 0.6) is 11.5 Å². The lowest BCUT2D eigenvalue weighted by molar-refractivity contribution is 0.101. The molecule has 0 aromatic heterocycles. The van der Waals surface area contributed by atoms with Crippen LogP contribution in [0.4, 0.5) is 0 Å². The SMILES string of the molecule is C=C(CC)COc1cc(OC)ccc1C(C)=O. The van der Waals surface area contributed by atoms with E-state index in [1.54, 1.807) is 25.3 Å². The lowest BCUT2D eigenvalue weighted by atomic mass is 10.1. The van der Waals surface area contributed by atoms with E-state index in [1.165, 1.54) is 6.92 Å². The summed E-state index contributed by atoms with van der Waals surface area (Å²) in [5, 5.41) is 0. The minimum atomic E-state index is -0.0234.